The normalized spacial score (nSPS) is 11.1. The van der Waals surface area contributed by atoms with Crippen LogP contribution in [0.5, 0.6) is 5.75 Å². The molecule has 146 valence electrons. The molecule has 0 spiro atoms. The zero-order valence-corrected chi connectivity index (χ0v) is 15.4. The van der Waals surface area contributed by atoms with Crippen LogP contribution in [0.1, 0.15) is 22.8 Å². The highest BCUT2D eigenvalue weighted by Gasteiger charge is 2.19. The summed E-state index contributed by atoms with van der Waals surface area (Å²) < 4.78 is 10.2. The first-order valence-electron chi connectivity index (χ1n) is 8.45. The van der Waals surface area contributed by atoms with Gasteiger partial charge >= 0.3 is 12.0 Å². The standard InChI is InChI=1S/C20H20N2O6/c1-13(19(25)22-20(26)21-2)28-17(23)12-27-16-10-8-15(9-11-16)18(24)14-6-4-3-5-7-14/h3-11,13H,12H2,1-2H3,(H2,21,22,25,26)/t13-/m0/s1. The predicted molar refractivity (Wildman–Crippen MR) is 100.0 cm³/mol. The van der Waals surface area contributed by atoms with Crippen molar-refractivity contribution in [1.82, 2.24) is 10.6 Å². The topological polar surface area (TPSA) is 111 Å². The molecule has 2 aromatic rings. The van der Waals surface area contributed by atoms with Crippen molar-refractivity contribution in [3.05, 3.63) is 65.7 Å². The van der Waals surface area contributed by atoms with Crippen LogP contribution in [0.15, 0.2) is 54.6 Å². The number of carbonyl (C=O) groups is 4. The van der Waals surface area contributed by atoms with E-state index in [0.29, 0.717) is 16.9 Å². The van der Waals surface area contributed by atoms with Crippen LogP contribution >= 0.6 is 0 Å². The predicted octanol–water partition coefficient (Wildman–Crippen LogP) is 1.68. The maximum Gasteiger partial charge on any atom is 0.344 e. The molecule has 0 bridgehead atoms. The van der Waals surface area contributed by atoms with Crippen molar-refractivity contribution in [3.8, 4) is 5.75 Å². The minimum atomic E-state index is -1.15. The second-order valence-corrected chi connectivity index (χ2v) is 5.71. The molecule has 0 aliphatic heterocycles. The zero-order valence-electron chi connectivity index (χ0n) is 15.4. The largest absolute Gasteiger partial charge is 0.482 e. The number of esters is 1. The number of rotatable bonds is 7. The Morgan fingerprint density at radius 1 is 0.929 bits per heavy atom. The zero-order chi connectivity index (χ0) is 20.5. The minimum Gasteiger partial charge on any atom is -0.482 e. The number of hydrogen-bond donors (Lipinski definition) is 2. The highest BCUT2D eigenvalue weighted by atomic mass is 16.6. The third-order valence-electron chi connectivity index (χ3n) is 3.65. The van der Waals surface area contributed by atoms with Crippen LogP contribution in [0.25, 0.3) is 0 Å². The Kier molecular flexibility index (Phi) is 7.27. The SMILES string of the molecule is CNC(=O)NC(=O)[C@H](C)OC(=O)COc1ccc(C(=O)c2ccccc2)cc1. The first-order valence-corrected chi connectivity index (χ1v) is 8.45. The maximum absolute atomic E-state index is 12.3. The van der Waals surface area contributed by atoms with Crippen LogP contribution in [0, 0.1) is 0 Å². The Hall–Kier alpha value is -3.68. The summed E-state index contributed by atoms with van der Waals surface area (Å²) in [5.41, 5.74) is 1.06. The van der Waals surface area contributed by atoms with Crippen LogP contribution in [0.2, 0.25) is 0 Å². The maximum atomic E-state index is 12.3. The monoisotopic (exact) mass is 384 g/mol. The van der Waals surface area contributed by atoms with Gasteiger partial charge in [0.2, 0.25) is 0 Å². The van der Waals surface area contributed by atoms with E-state index in [2.05, 4.69) is 5.32 Å². The molecule has 0 saturated carbocycles. The first kappa shape index (κ1) is 20.6. The molecule has 0 aromatic heterocycles. The molecule has 2 rings (SSSR count). The lowest BCUT2D eigenvalue weighted by Gasteiger charge is -2.13. The van der Waals surface area contributed by atoms with Crippen molar-refractivity contribution in [3.63, 3.8) is 0 Å². The van der Waals surface area contributed by atoms with Gasteiger partial charge in [0, 0.05) is 18.2 Å². The fourth-order valence-corrected chi connectivity index (χ4v) is 2.16. The van der Waals surface area contributed by atoms with Crippen LogP contribution in [-0.2, 0) is 14.3 Å². The van der Waals surface area contributed by atoms with Gasteiger partial charge in [-0.1, -0.05) is 30.3 Å². The van der Waals surface area contributed by atoms with Crippen LogP contribution in [0.4, 0.5) is 4.79 Å². The summed E-state index contributed by atoms with van der Waals surface area (Å²) in [5, 5.41) is 4.21. The van der Waals surface area contributed by atoms with Gasteiger partial charge in [-0.25, -0.2) is 9.59 Å². The van der Waals surface area contributed by atoms with Gasteiger partial charge in [0.25, 0.3) is 5.91 Å². The molecule has 2 aromatic carbocycles. The molecule has 8 nitrogen and oxygen atoms in total. The number of carbonyl (C=O) groups excluding carboxylic acids is 4. The van der Waals surface area contributed by atoms with Crippen LogP contribution in [0.3, 0.4) is 0 Å². The number of nitrogens with one attached hydrogen (secondary N) is 2. The summed E-state index contributed by atoms with van der Waals surface area (Å²) in [6.45, 7) is 0.906. The molecule has 0 aliphatic carbocycles. The van der Waals surface area contributed by atoms with Gasteiger partial charge in [-0.15, -0.1) is 0 Å². The van der Waals surface area contributed by atoms with Crippen molar-refractivity contribution in [2.24, 2.45) is 0 Å². The molecule has 28 heavy (non-hydrogen) atoms. The first-order chi connectivity index (χ1) is 13.4. The van der Waals surface area contributed by atoms with Crippen LogP contribution < -0.4 is 15.4 Å². The molecule has 8 heteroatoms. The van der Waals surface area contributed by atoms with Gasteiger partial charge in [-0.2, -0.15) is 0 Å². The summed E-state index contributed by atoms with van der Waals surface area (Å²) in [5.74, 6) is -1.29. The lowest BCUT2D eigenvalue weighted by molar-refractivity contribution is -0.156. The lowest BCUT2D eigenvalue weighted by atomic mass is 10.0. The van der Waals surface area contributed by atoms with E-state index in [0.717, 1.165) is 0 Å². The molecular weight excluding hydrogens is 364 g/mol. The molecule has 3 amide bonds. The third kappa shape index (κ3) is 5.94. The third-order valence-corrected chi connectivity index (χ3v) is 3.65. The molecule has 0 heterocycles. The van der Waals surface area contributed by atoms with Crippen molar-refractivity contribution in [2.75, 3.05) is 13.7 Å². The van der Waals surface area contributed by atoms with Gasteiger partial charge in [-0.3, -0.25) is 14.9 Å². The highest BCUT2D eigenvalue weighted by Crippen LogP contribution is 2.15. The number of hydrogen-bond acceptors (Lipinski definition) is 6. The molecule has 0 radical (unpaired) electrons. The molecule has 0 fully saturated rings. The second kappa shape index (κ2) is 9.86. The fraction of sp³-hybridized carbons (Fsp3) is 0.200. The number of benzene rings is 2. The summed E-state index contributed by atoms with van der Waals surface area (Å²) in [7, 11) is 1.35. The molecular formula is C20H20N2O6. The fourth-order valence-electron chi connectivity index (χ4n) is 2.16. The van der Waals surface area contributed by atoms with Gasteiger partial charge in [0.05, 0.1) is 0 Å². The number of amides is 3. The Bertz CT molecular complexity index is 849. The van der Waals surface area contributed by atoms with E-state index in [4.69, 9.17) is 9.47 Å². The van der Waals surface area contributed by atoms with E-state index >= 15 is 0 Å². The number of urea groups is 1. The Balaban J connectivity index is 1.84. The van der Waals surface area contributed by atoms with Crippen molar-refractivity contribution in [2.45, 2.75) is 13.0 Å². The average molecular weight is 384 g/mol. The number of ether oxygens (including phenoxy) is 2. The van der Waals surface area contributed by atoms with E-state index < -0.39 is 30.6 Å². The smallest absolute Gasteiger partial charge is 0.344 e. The molecule has 2 N–H and O–H groups in total. The van der Waals surface area contributed by atoms with E-state index in [-0.39, 0.29) is 5.78 Å². The number of ketones is 1. The summed E-state index contributed by atoms with van der Waals surface area (Å²) in [6, 6.07) is 14.5. The van der Waals surface area contributed by atoms with Crippen LogP contribution in [-0.4, -0.2) is 43.4 Å². The minimum absolute atomic E-state index is 0.123. The lowest BCUT2D eigenvalue weighted by Crippen LogP contribution is -2.43. The summed E-state index contributed by atoms with van der Waals surface area (Å²) >= 11 is 0. The Morgan fingerprint density at radius 2 is 1.54 bits per heavy atom. The van der Waals surface area contributed by atoms with E-state index in [1.807, 2.05) is 11.4 Å². The Morgan fingerprint density at radius 3 is 2.14 bits per heavy atom. The number of imide groups is 1. The average Bonchev–Trinajstić information content (AvgIpc) is 2.72. The molecule has 0 saturated heterocycles. The van der Waals surface area contributed by atoms with Gasteiger partial charge < -0.3 is 14.8 Å². The van der Waals surface area contributed by atoms with Crippen molar-refractivity contribution >= 4 is 23.7 Å². The van der Waals surface area contributed by atoms with Gasteiger partial charge in [0.1, 0.15) is 5.75 Å². The van der Waals surface area contributed by atoms with E-state index in [1.54, 1.807) is 48.5 Å². The Labute approximate surface area is 161 Å². The molecule has 0 unspecified atom stereocenters. The molecule has 0 aliphatic rings. The van der Waals surface area contributed by atoms with Gasteiger partial charge in [-0.05, 0) is 31.2 Å². The molecule has 1 atom stereocenters. The second-order valence-electron chi connectivity index (χ2n) is 5.71. The van der Waals surface area contributed by atoms with E-state index in [9.17, 15) is 19.2 Å². The summed E-state index contributed by atoms with van der Waals surface area (Å²) in [4.78, 5) is 46.8. The van der Waals surface area contributed by atoms with Gasteiger partial charge in [0.15, 0.2) is 18.5 Å². The highest BCUT2D eigenvalue weighted by molar-refractivity contribution is 6.09. The van der Waals surface area contributed by atoms with Crippen molar-refractivity contribution in [1.29, 1.82) is 0 Å². The summed E-state index contributed by atoms with van der Waals surface area (Å²) in [6.07, 6.45) is -1.15. The van der Waals surface area contributed by atoms with Crippen molar-refractivity contribution < 1.29 is 28.7 Å². The van der Waals surface area contributed by atoms with E-state index in [1.165, 1.54) is 14.0 Å². The quantitative estimate of drug-likeness (QED) is 0.555.